The summed E-state index contributed by atoms with van der Waals surface area (Å²) < 4.78 is 4.56. The fraction of sp³-hybridized carbons (Fsp3) is 0.444. The van der Waals surface area contributed by atoms with Crippen LogP contribution in [-0.4, -0.2) is 23.0 Å². The van der Waals surface area contributed by atoms with Gasteiger partial charge in [-0.15, -0.1) is 12.4 Å². The van der Waals surface area contributed by atoms with Gasteiger partial charge in [-0.1, -0.05) is 11.6 Å². The van der Waals surface area contributed by atoms with E-state index in [1.54, 1.807) is 0 Å². The molecule has 0 radical (unpaired) electrons. The molecule has 0 unspecified atom stereocenters. The molecule has 1 fully saturated rings. The molecule has 5 nitrogen and oxygen atoms in total. The standard InChI is InChI=1S/C9H10ClN3O2.ClH/c1-15-9(14)6-5(10)7(11)13-8(12-6)4-2-3-4;/h4H,2-3H2,1H3,(H2,11,12,13);1H. The van der Waals surface area contributed by atoms with Gasteiger partial charge in [-0.2, -0.15) is 0 Å². The Morgan fingerprint density at radius 1 is 1.50 bits per heavy atom. The highest BCUT2D eigenvalue weighted by Crippen LogP contribution is 2.39. The zero-order chi connectivity index (χ0) is 11.0. The van der Waals surface area contributed by atoms with Crippen molar-refractivity contribution in [3.8, 4) is 0 Å². The van der Waals surface area contributed by atoms with E-state index in [9.17, 15) is 4.79 Å². The van der Waals surface area contributed by atoms with Crippen molar-refractivity contribution in [2.24, 2.45) is 0 Å². The van der Waals surface area contributed by atoms with Gasteiger partial charge in [0.2, 0.25) is 0 Å². The summed E-state index contributed by atoms with van der Waals surface area (Å²) in [5.41, 5.74) is 5.64. The van der Waals surface area contributed by atoms with Gasteiger partial charge in [0.25, 0.3) is 0 Å². The maximum atomic E-state index is 11.3. The van der Waals surface area contributed by atoms with Gasteiger partial charge >= 0.3 is 5.97 Å². The first-order chi connectivity index (χ1) is 7.13. The number of esters is 1. The number of hydrogen-bond donors (Lipinski definition) is 1. The van der Waals surface area contributed by atoms with Crippen LogP contribution in [0.3, 0.4) is 0 Å². The van der Waals surface area contributed by atoms with E-state index in [4.69, 9.17) is 17.3 Å². The van der Waals surface area contributed by atoms with Gasteiger partial charge < -0.3 is 10.5 Å². The molecule has 1 aliphatic carbocycles. The van der Waals surface area contributed by atoms with Crippen LogP contribution in [-0.2, 0) is 4.74 Å². The summed E-state index contributed by atoms with van der Waals surface area (Å²) in [6, 6.07) is 0. The number of halogens is 2. The molecule has 0 atom stereocenters. The van der Waals surface area contributed by atoms with Crippen LogP contribution >= 0.6 is 24.0 Å². The number of methoxy groups -OCH3 is 1. The predicted octanol–water partition coefficient (Wildman–Crippen LogP) is 1.80. The van der Waals surface area contributed by atoms with Gasteiger partial charge in [-0.25, -0.2) is 14.8 Å². The summed E-state index contributed by atoms with van der Waals surface area (Å²) in [5, 5.41) is 0.0613. The highest BCUT2D eigenvalue weighted by Gasteiger charge is 2.29. The fourth-order valence-corrected chi connectivity index (χ4v) is 1.40. The lowest BCUT2D eigenvalue weighted by molar-refractivity contribution is 0.0593. The van der Waals surface area contributed by atoms with Crippen molar-refractivity contribution in [1.82, 2.24) is 9.97 Å². The SMILES string of the molecule is COC(=O)c1nc(C2CC2)nc(N)c1Cl.Cl. The number of rotatable bonds is 2. The molecular weight excluding hydrogens is 253 g/mol. The number of nitrogens with zero attached hydrogens (tertiary/aromatic N) is 2. The van der Waals surface area contributed by atoms with E-state index < -0.39 is 5.97 Å². The Labute approximate surface area is 104 Å². The number of aromatic nitrogens is 2. The van der Waals surface area contributed by atoms with E-state index in [0.717, 1.165) is 12.8 Å². The van der Waals surface area contributed by atoms with Crippen LogP contribution in [0.4, 0.5) is 5.82 Å². The third kappa shape index (κ3) is 2.36. The van der Waals surface area contributed by atoms with Gasteiger partial charge in [-0.3, -0.25) is 0 Å². The second-order valence-electron chi connectivity index (χ2n) is 3.40. The minimum Gasteiger partial charge on any atom is -0.464 e. The van der Waals surface area contributed by atoms with Gasteiger partial charge in [0, 0.05) is 5.92 Å². The second kappa shape index (κ2) is 4.84. The van der Waals surface area contributed by atoms with Crippen LogP contribution < -0.4 is 5.73 Å². The number of hydrogen-bond acceptors (Lipinski definition) is 5. The molecule has 0 spiro atoms. The number of nitrogens with two attached hydrogens (primary N) is 1. The van der Waals surface area contributed by atoms with Crippen LogP contribution in [0, 0.1) is 0 Å². The number of ether oxygens (including phenoxy) is 1. The maximum Gasteiger partial charge on any atom is 0.358 e. The first-order valence-corrected chi connectivity index (χ1v) is 4.92. The highest BCUT2D eigenvalue weighted by molar-refractivity contribution is 6.35. The molecule has 0 bridgehead atoms. The van der Waals surface area contributed by atoms with Crippen molar-refractivity contribution in [1.29, 1.82) is 0 Å². The summed E-state index contributed by atoms with van der Waals surface area (Å²) in [4.78, 5) is 19.4. The van der Waals surface area contributed by atoms with Crippen molar-refractivity contribution in [3.63, 3.8) is 0 Å². The van der Waals surface area contributed by atoms with Crippen LogP contribution in [0.25, 0.3) is 0 Å². The molecule has 0 aromatic carbocycles. The van der Waals surface area contributed by atoms with Crippen LogP contribution in [0.2, 0.25) is 5.02 Å². The summed E-state index contributed by atoms with van der Waals surface area (Å²) >= 11 is 5.81. The molecule has 1 heterocycles. The third-order valence-electron chi connectivity index (χ3n) is 2.22. The molecule has 16 heavy (non-hydrogen) atoms. The molecule has 2 rings (SSSR count). The van der Waals surface area contributed by atoms with E-state index in [0.29, 0.717) is 11.7 Å². The molecule has 0 saturated heterocycles. The first kappa shape index (κ1) is 13.0. The first-order valence-electron chi connectivity index (χ1n) is 4.54. The molecular formula is C9H11Cl2N3O2. The minimum atomic E-state index is -0.587. The zero-order valence-electron chi connectivity index (χ0n) is 8.57. The minimum absolute atomic E-state index is 0. The molecule has 1 aromatic heterocycles. The second-order valence-corrected chi connectivity index (χ2v) is 3.77. The van der Waals surface area contributed by atoms with Gasteiger partial charge in [-0.05, 0) is 12.8 Å². The van der Waals surface area contributed by atoms with Crippen molar-refractivity contribution in [2.45, 2.75) is 18.8 Å². The Hall–Kier alpha value is -1.07. The molecule has 0 amide bonds. The van der Waals surface area contributed by atoms with E-state index in [-0.39, 0.29) is 28.9 Å². The van der Waals surface area contributed by atoms with Crippen molar-refractivity contribution in [2.75, 3.05) is 12.8 Å². The third-order valence-corrected chi connectivity index (χ3v) is 2.59. The maximum absolute atomic E-state index is 11.3. The average Bonchev–Trinajstić information content (AvgIpc) is 3.04. The largest absolute Gasteiger partial charge is 0.464 e. The van der Waals surface area contributed by atoms with Crippen LogP contribution in [0.5, 0.6) is 0 Å². The lowest BCUT2D eigenvalue weighted by Gasteiger charge is -2.06. The van der Waals surface area contributed by atoms with Crippen LogP contribution in [0.1, 0.15) is 35.1 Å². The number of carbonyl (C=O) groups excluding carboxylic acids is 1. The highest BCUT2D eigenvalue weighted by atomic mass is 35.5. The van der Waals surface area contributed by atoms with E-state index in [1.165, 1.54) is 7.11 Å². The van der Waals surface area contributed by atoms with E-state index >= 15 is 0 Å². The molecule has 1 aromatic rings. The normalized spacial score (nSPS) is 14.1. The molecule has 2 N–H and O–H groups in total. The molecule has 1 saturated carbocycles. The summed E-state index contributed by atoms with van der Waals surface area (Å²) in [6.45, 7) is 0. The lowest BCUT2D eigenvalue weighted by atomic mass is 10.3. The quantitative estimate of drug-likeness (QED) is 0.824. The van der Waals surface area contributed by atoms with Gasteiger partial charge in [0.15, 0.2) is 5.69 Å². The number of anilines is 1. The smallest absolute Gasteiger partial charge is 0.358 e. The van der Waals surface area contributed by atoms with Crippen molar-refractivity contribution < 1.29 is 9.53 Å². The number of nitrogen functional groups attached to an aromatic ring is 1. The fourth-order valence-electron chi connectivity index (χ4n) is 1.24. The Balaban J connectivity index is 0.00000128. The Morgan fingerprint density at radius 2 is 2.12 bits per heavy atom. The lowest BCUT2D eigenvalue weighted by Crippen LogP contribution is -2.11. The predicted molar refractivity (Wildman–Crippen MR) is 62.0 cm³/mol. The van der Waals surface area contributed by atoms with E-state index in [2.05, 4.69) is 14.7 Å². The van der Waals surface area contributed by atoms with Crippen LogP contribution in [0.15, 0.2) is 0 Å². The van der Waals surface area contributed by atoms with Crippen molar-refractivity contribution >= 4 is 35.8 Å². The zero-order valence-corrected chi connectivity index (χ0v) is 10.1. The Kier molecular flexibility index (Phi) is 3.93. The van der Waals surface area contributed by atoms with Gasteiger partial charge in [0.05, 0.1) is 7.11 Å². The number of carbonyl (C=O) groups is 1. The Bertz CT molecular complexity index is 421. The molecule has 7 heteroatoms. The van der Waals surface area contributed by atoms with Gasteiger partial charge in [0.1, 0.15) is 16.7 Å². The molecule has 1 aliphatic rings. The summed E-state index contributed by atoms with van der Waals surface area (Å²) in [7, 11) is 1.27. The molecule has 88 valence electrons. The summed E-state index contributed by atoms with van der Waals surface area (Å²) in [5.74, 6) is 0.440. The van der Waals surface area contributed by atoms with Crippen molar-refractivity contribution in [3.05, 3.63) is 16.5 Å². The summed E-state index contributed by atoms with van der Waals surface area (Å²) in [6.07, 6.45) is 2.06. The van der Waals surface area contributed by atoms with E-state index in [1.807, 2.05) is 0 Å². The topological polar surface area (TPSA) is 78.1 Å². The molecule has 0 aliphatic heterocycles. The Morgan fingerprint density at radius 3 is 2.62 bits per heavy atom. The monoisotopic (exact) mass is 263 g/mol. The average molecular weight is 264 g/mol.